The number of nitrogens with two attached hydrogens (primary N) is 1. The first-order valence-corrected chi connectivity index (χ1v) is 5.18. The lowest BCUT2D eigenvalue weighted by molar-refractivity contribution is 0.0820. The predicted molar refractivity (Wildman–Crippen MR) is 57.9 cm³/mol. The molecule has 1 heterocycles. The van der Waals surface area contributed by atoms with Crippen LogP contribution in [0.15, 0.2) is 0 Å². The fraction of sp³-hybridized carbons (Fsp3) is 0.889. The van der Waals surface area contributed by atoms with E-state index in [1.165, 1.54) is 12.8 Å². The summed E-state index contributed by atoms with van der Waals surface area (Å²) >= 11 is 4.82. The van der Waals surface area contributed by atoms with Crippen LogP contribution in [-0.2, 0) is 4.74 Å². The molecule has 1 atom stereocenters. The Morgan fingerprint density at radius 1 is 1.69 bits per heavy atom. The third-order valence-electron chi connectivity index (χ3n) is 2.28. The van der Waals surface area contributed by atoms with Gasteiger partial charge in [0.05, 0.1) is 11.1 Å². The minimum absolute atomic E-state index is 0.427. The van der Waals surface area contributed by atoms with Gasteiger partial charge in [-0.05, 0) is 19.9 Å². The summed E-state index contributed by atoms with van der Waals surface area (Å²) in [6.45, 7) is 2.87. The highest BCUT2D eigenvalue weighted by Crippen LogP contribution is 2.12. The first-order valence-electron chi connectivity index (χ1n) is 4.77. The molecule has 0 bridgehead atoms. The second-order valence-electron chi connectivity index (χ2n) is 3.61. The number of nitrogens with zero attached hydrogens (tertiary/aromatic N) is 1. The molecular formula is C9H18N2OS. The lowest BCUT2D eigenvalue weighted by Crippen LogP contribution is -2.31. The van der Waals surface area contributed by atoms with Crippen molar-refractivity contribution < 1.29 is 4.74 Å². The van der Waals surface area contributed by atoms with E-state index in [1.807, 2.05) is 0 Å². The zero-order valence-electron chi connectivity index (χ0n) is 8.16. The van der Waals surface area contributed by atoms with Gasteiger partial charge in [-0.3, -0.25) is 0 Å². The zero-order chi connectivity index (χ0) is 9.68. The molecule has 1 aliphatic rings. The molecule has 0 amide bonds. The quantitative estimate of drug-likeness (QED) is 0.668. The van der Waals surface area contributed by atoms with E-state index in [2.05, 4.69) is 11.9 Å². The summed E-state index contributed by atoms with van der Waals surface area (Å²) < 4.78 is 5.52. The Labute approximate surface area is 85.2 Å². The summed E-state index contributed by atoms with van der Waals surface area (Å²) in [5, 5.41) is 0. The summed E-state index contributed by atoms with van der Waals surface area (Å²) in [6.07, 6.45) is 3.63. The van der Waals surface area contributed by atoms with Gasteiger partial charge >= 0.3 is 0 Å². The lowest BCUT2D eigenvalue weighted by atomic mass is 10.2. The number of likely N-dealkylation sites (N-methyl/N-ethyl adjacent to an activating group) is 1. The molecule has 0 aromatic carbocycles. The van der Waals surface area contributed by atoms with Crippen molar-refractivity contribution in [2.45, 2.75) is 25.4 Å². The fourth-order valence-corrected chi connectivity index (χ4v) is 1.62. The standard InChI is InChI=1S/C9H18N2OS/c1-11(5-4-9(10)13)7-8-3-2-6-12-8/h8H,2-7H2,1H3,(H2,10,13). The van der Waals surface area contributed by atoms with Crippen molar-refractivity contribution in [2.24, 2.45) is 5.73 Å². The molecule has 0 radical (unpaired) electrons. The van der Waals surface area contributed by atoms with Crippen molar-refractivity contribution in [3.63, 3.8) is 0 Å². The summed E-state index contributed by atoms with van der Waals surface area (Å²) in [5.41, 5.74) is 5.42. The van der Waals surface area contributed by atoms with E-state index in [9.17, 15) is 0 Å². The first-order chi connectivity index (χ1) is 6.18. The van der Waals surface area contributed by atoms with E-state index in [-0.39, 0.29) is 0 Å². The maximum Gasteiger partial charge on any atom is 0.0740 e. The minimum Gasteiger partial charge on any atom is -0.393 e. The molecule has 1 rings (SSSR count). The van der Waals surface area contributed by atoms with Gasteiger partial charge in [0, 0.05) is 26.1 Å². The van der Waals surface area contributed by atoms with Crippen molar-refractivity contribution in [2.75, 3.05) is 26.7 Å². The summed E-state index contributed by atoms with van der Waals surface area (Å²) in [7, 11) is 2.08. The van der Waals surface area contributed by atoms with Crippen LogP contribution in [0.25, 0.3) is 0 Å². The smallest absolute Gasteiger partial charge is 0.0740 e. The Bertz CT molecular complexity index is 169. The molecule has 0 aromatic rings. The Hall–Kier alpha value is -0.190. The summed E-state index contributed by atoms with van der Waals surface area (Å²) in [5.74, 6) is 0. The molecule has 1 saturated heterocycles. The largest absolute Gasteiger partial charge is 0.393 e. The molecule has 13 heavy (non-hydrogen) atoms. The number of hydrogen-bond donors (Lipinski definition) is 1. The normalized spacial score (nSPS) is 22.5. The van der Waals surface area contributed by atoms with Crippen LogP contribution in [0.1, 0.15) is 19.3 Å². The second-order valence-corrected chi connectivity index (χ2v) is 4.14. The molecule has 0 spiro atoms. The lowest BCUT2D eigenvalue weighted by Gasteiger charge is -2.19. The minimum atomic E-state index is 0.427. The topological polar surface area (TPSA) is 38.5 Å². The van der Waals surface area contributed by atoms with E-state index in [4.69, 9.17) is 22.7 Å². The number of hydrogen-bond acceptors (Lipinski definition) is 3. The molecule has 4 heteroatoms. The van der Waals surface area contributed by atoms with Crippen LogP contribution in [0.5, 0.6) is 0 Å². The van der Waals surface area contributed by atoms with Crippen LogP contribution < -0.4 is 5.73 Å². The first kappa shape index (κ1) is 10.9. The monoisotopic (exact) mass is 202 g/mol. The van der Waals surface area contributed by atoms with Crippen molar-refractivity contribution in [1.29, 1.82) is 0 Å². The van der Waals surface area contributed by atoms with Crippen LogP contribution in [-0.4, -0.2) is 42.7 Å². The van der Waals surface area contributed by atoms with E-state index < -0.39 is 0 Å². The van der Waals surface area contributed by atoms with Gasteiger partial charge < -0.3 is 15.4 Å². The fourth-order valence-electron chi connectivity index (χ4n) is 1.53. The van der Waals surface area contributed by atoms with Gasteiger partial charge in [-0.2, -0.15) is 0 Å². The third kappa shape index (κ3) is 4.55. The summed E-state index contributed by atoms with van der Waals surface area (Å²) in [6, 6.07) is 0. The van der Waals surface area contributed by atoms with Gasteiger partial charge in [0.15, 0.2) is 0 Å². The van der Waals surface area contributed by atoms with Crippen LogP contribution in [0.3, 0.4) is 0 Å². The van der Waals surface area contributed by atoms with Gasteiger partial charge in [-0.25, -0.2) is 0 Å². The van der Waals surface area contributed by atoms with Crippen LogP contribution in [0.4, 0.5) is 0 Å². The highest BCUT2D eigenvalue weighted by atomic mass is 32.1. The van der Waals surface area contributed by atoms with Gasteiger partial charge in [-0.1, -0.05) is 12.2 Å². The molecule has 1 aliphatic heterocycles. The summed E-state index contributed by atoms with van der Waals surface area (Å²) in [4.78, 5) is 2.83. The van der Waals surface area contributed by atoms with Crippen molar-refractivity contribution in [1.82, 2.24) is 4.90 Å². The van der Waals surface area contributed by atoms with E-state index in [1.54, 1.807) is 0 Å². The molecule has 76 valence electrons. The number of thiocarbonyl (C=S) groups is 1. The molecule has 0 aliphatic carbocycles. The van der Waals surface area contributed by atoms with E-state index in [0.29, 0.717) is 11.1 Å². The zero-order valence-corrected chi connectivity index (χ0v) is 8.98. The molecule has 1 unspecified atom stereocenters. The van der Waals surface area contributed by atoms with E-state index in [0.717, 1.165) is 26.1 Å². The SMILES string of the molecule is CN(CCC(N)=S)CC1CCCO1. The predicted octanol–water partition coefficient (Wildman–Crippen LogP) is 0.773. The van der Waals surface area contributed by atoms with Crippen LogP contribution in [0.2, 0.25) is 0 Å². The second kappa shape index (κ2) is 5.52. The van der Waals surface area contributed by atoms with Crippen molar-refractivity contribution in [3.05, 3.63) is 0 Å². The van der Waals surface area contributed by atoms with Crippen LogP contribution in [0, 0.1) is 0 Å². The van der Waals surface area contributed by atoms with Crippen LogP contribution >= 0.6 is 12.2 Å². The van der Waals surface area contributed by atoms with Gasteiger partial charge in [0.2, 0.25) is 0 Å². The number of ether oxygens (including phenoxy) is 1. The van der Waals surface area contributed by atoms with Gasteiger partial charge in [-0.15, -0.1) is 0 Å². The molecular weight excluding hydrogens is 184 g/mol. The highest BCUT2D eigenvalue weighted by molar-refractivity contribution is 7.80. The van der Waals surface area contributed by atoms with Crippen molar-refractivity contribution >= 4 is 17.2 Å². The average molecular weight is 202 g/mol. The highest BCUT2D eigenvalue weighted by Gasteiger charge is 2.16. The molecule has 3 nitrogen and oxygen atoms in total. The molecule has 0 saturated carbocycles. The van der Waals surface area contributed by atoms with Crippen molar-refractivity contribution in [3.8, 4) is 0 Å². The Balaban J connectivity index is 2.09. The average Bonchev–Trinajstić information content (AvgIpc) is 2.53. The van der Waals surface area contributed by atoms with E-state index >= 15 is 0 Å². The molecule has 2 N–H and O–H groups in total. The third-order valence-corrected chi connectivity index (χ3v) is 2.48. The molecule has 0 aromatic heterocycles. The maximum absolute atomic E-state index is 5.52. The van der Waals surface area contributed by atoms with Gasteiger partial charge in [0.25, 0.3) is 0 Å². The Kier molecular flexibility index (Phi) is 4.62. The Morgan fingerprint density at radius 3 is 3.00 bits per heavy atom. The molecule has 1 fully saturated rings. The number of rotatable bonds is 5. The van der Waals surface area contributed by atoms with Gasteiger partial charge in [0.1, 0.15) is 0 Å². The maximum atomic E-state index is 5.52. The Morgan fingerprint density at radius 2 is 2.46 bits per heavy atom.